The third-order valence-electron chi connectivity index (χ3n) is 4.77. The van der Waals surface area contributed by atoms with Crippen LogP contribution in [-0.2, 0) is 4.84 Å². The zero-order chi connectivity index (χ0) is 18.1. The summed E-state index contributed by atoms with van der Waals surface area (Å²) in [7, 11) is 0. The fourth-order valence-corrected chi connectivity index (χ4v) is 3.47. The predicted octanol–water partition coefficient (Wildman–Crippen LogP) is 5.53. The molecule has 0 N–H and O–H groups in total. The molecule has 1 aliphatic carbocycles. The Morgan fingerprint density at radius 2 is 1.72 bits per heavy atom. The average Bonchev–Trinajstić information content (AvgIpc) is 2.59. The van der Waals surface area contributed by atoms with Gasteiger partial charge in [-0.25, -0.2) is 0 Å². The fraction of sp³-hybridized carbons (Fsp3) is 0.591. The zero-order valence-corrected chi connectivity index (χ0v) is 16.4. The SMILES string of the molecule is CC(C)N(CCCO/N=C1\CCCC\C1=C/c1ccccc1)C(C)C. The van der Waals surface area contributed by atoms with Crippen LogP contribution in [0.4, 0.5) is 0 Å². The minimum atomic E-state index is 0.574. The number of benzene rings is 1. The molecule has 1 aromatic rings. The van der Waals surface area contributed by atoms with Gasteiger partial charge >= 0.3 is 0 Å². The second kappa shape index (κ2) is 10.4. The van der Waals surface area contributed by atoms with Gasteiger partial charge in [0.1, 0.15) is 6.61 Å². The normalized spacial score (nSPS) is 18.7. The van der Waals surface area contributed by atoms with E-state index in [1.54, 1.807) is 0 Å². The molecule has 3 nitrogen and oxygen atoms in total. The molecule has 1 aromatic carbocycles. The van der Waals surface area contributed by atoms with Crippen LogP contribution in [0.25, 0.3) is 6.08 Å². The largest absolute Gasteiger partial charge is 0.396 e. The second-order valence-electron chi connectivity index (χ2n) is 7.44. The lowest BCUT2D eigenvalue weighted by Crippen LogP contribution is -2.38. The van der Waals surface area contributed by atoms with Crippen LogP contribution in [0.15, 0.2) is 41.1 Å². The van der Waals surface area contributed by atoms with Crippen molar-refractivity contribution in [3.8, 4) is 0 Å². The minimum absolute atomic E-state index is 0.574. The first-order valence-corrected chi connectivity index (χ1v) is 9.78. The van der Waals surface area contributed by atoms with Crippen molar-refractivity contribution in [3.63, 3.8) is 0 Å². The molecule has 0 heterocycles. The molecule has 0 unspecified atom stereocenters. The summed E-state index contributed by atoms with van der Waals surface area (Å²) < 4.78 is 0. The van der Waals surface area contributed by atoms with E-state index in [9.17, 15) is 0 Å². The first-order valence-electron chi connectivity index (χ1n) is 9.78. The maximum Gasteiger partial charge on any atom is 0.118 e. The van der Waals surface area contributed by atoms with Crippen LogP contribution in [0.2, 0.25) is 0 Å². The molecule has 3 heteroatoms. The molecular formula is C22H34N2O. The molecule has 2 rings (SSSR count). The van der Waals surface area contributed by atoms with Crippen molar-refractivity contribution in [1.82, 2.24) is 4.90 Å². The van der Waals surface area contributed by atoms with Gasteiger partial charge in [0.25, 0.3) is 0 Å². The van der Waals surface area contributed by atoms with Crippen LogP contribution in [0.5, 0.6) is 0 Å². The summed E-state index contributed by atoms with van der Waals surface area (Å²) in [6.07, 6.45) is 7.87. The smallest absolute Gasteiger partial charge is 0.118 e. The van der Waals surface area contributed by atoms with Crippen molar-refractivity contribution >= 4 is 11.8 Å². The number of oxime groups is 1. The number of allylic oxidation sites excluding steroid dienone is 1. The third-order valence-corrected chi connectivity index (χ3v) is 4.77. The van der Waals surface area contributed by atoms with Gasteiger partial charge in [0.15, 0.2) is 0 Å². The molecule has 1 aliphatic rings. The number of hydrogen-bond acceptors (Lipinski definition) is 3. The highest BCUT2D eigenvalue weighted by molar-refractivity contribution is 6.03. The third kappa shape index (κ3) is 6.66. The van der Waals surface area contributed by atoms with Gasteiger partial charge in [0.05, 0.1) is 5.71 Å². The Hall–Kier alpha value is -1.61. The number of hydrogen-bond donors (Lipinski definition) is 0. The molecule has 0 bridgehead atoms. The Morgan fingerprint density at radius 1 is 1.04 bits per heavy atom. The van der Waals surface area contributed by atoms with E-state index in [-0.39, 0.29) is 0 Å². The Labute approximate surface area is 153 Å². The molecule has 0 aromatic heterocycles. The summed E-state index contributed by atoms with van der Waals surface area (Å²) >= 11 is 0. The topological polar surface area (TPSA) is 24.8 Å². The Kier molecular flexibility index (Phi) is 8.20. The van der Waals surface area contributed by atoms with Gasteiger partial charge in [0.2, 0.25) is 0 Å². The average molecular weight is 343 g/mol. The Balaban J connectivity index is 1.87. The van der Waals surface area contributed by atoms with E-state index in [1.807, 2.05) is 0 Å². The molecule has 0 saturated heterocycles. The van der Waals surface area contributed by atoms with E-state index in [0.717, 1.165) is 31.5 Å². The summed E-state index contributed by atoms with van der Waals surface area (Å²) in [5.74, 6) is 0. The standard InChI is InChI=1S/C22H34N2O/c1-18(2)24(19(3)4)15-10-16-25-23-22-14-9-8-13-21(22)17-20-11-6-5-7-12-20/h5-7,11-12,17-19H,8-10,13-16H2,1-4H3/b21-17+,23-22+. The van der Waals surface area contributed by atoms with Crippen LogP contribution in [-0.4, -0.2) is 35.8 Å². The number of nitrogens with zero attached hydrogens (tertiary/aromatic N) is 2. The first kappa shape index (κ1) is 19.7. The first-order chi connectivity index (χ1) is 12.1. The van der Waals surface area contributed by atoms with E-state index in [4.69, 9.17) is 4.84 Å². The summed E-state index contributed by atoms with van der Waals surface area (Å²) in [6.45, 7) is 10.8. The molecule has 0 radical (unpaired) electrons. The molecule has 0 aliphatic heterocycles. The van der Waals surface area contributed by atoms with Crippen LogP contribution >= 0.6 is 0 Å². The highest BCUT2D eigenvalue weighted by Crippen LogP contribution is 2.23. The molecule has 138 valence electrons. The van der Waals surface area contributed by atoms with Crippen LogP contribution in [0.3, 0.4) is 0 Å². The van der Waals surface area contributed by atoms with Gasteiger partial charge in [0, 0.05) is 18.6 Å². The van der Waals surface area contributed by atoms with Crippen molar-refractivity contribution in [3.05, 3.63) is 41.5 Å². The van der Waals surface area contributed by atoms with E-state index in [2.05, 4.69) is 74.2 Å². The fourth-order valence-electron chi connectivity index (χ4n) is 3.47. The lowest BCUT2D eigenvalue weighted by molar-refractivity contribution is 0.111. The van der Waals surface area contributed by atoms with E-state index in [0.29, 0.717) is 18.7 Å². The maximum absolute atomic E-state index is 5.67. The quantitative estimate of drug-likeness (QED) is 0.458. The maximum atomic E-state index is 5.67. The van der Waals surface area contributed by atoms with E-state index < -0.39 is 0 Å². The van der Waals surface area contributed by atoms with Gasteiger partial charge in [-0.05, 0) is 77.0 Å². The molecule has 1 fully saturated rings. The summed E-state index contributed by atoms with van der Waals surface area (Å²) in [5, 5.41) is 4.48. The molecule has 1 saturated carbocycles. The zero-order valence-electron chi connectivity index (χ0n) is 16.4. The van der Waals surface area contributed by atoms with E-state index >= 15 is 0 Å². The lowest BCUT2D eigenvalue weighted by atomic mass is 9.91. The summed E-state index contributed by atoms with van der Waals surface area (Å²) in [4.78, 5) is 8.17. The minimum Gasteiger partial charge on any atom is -0.396 e. The molecule has 0 amide bonds. The second-order valence-corrected chi connectivity index (χ2v) is 7.44. The number of rotatable bonds is 8. The molecular weight excluding hydrogens is 308 g/mol. The summed E-state index contributed by atoms with van der Waals surface area (Å²) in [5.41, 5.74) is 3.72. The van der Waals surface area contributed by atoms with Gasteiger partial charge in [-0.15, -0.1) is 0 Å². The lowest BCUT2D eigenvalue weighted by Gasteiger charge is -2.30. The highest BCUT2D eigenvalue weighted by atomic mass is 16.6. The predicted molar refractivity (Wildman–Crippen MR) is 108 cm³/mol. The van der Waals surface area contributed by atoms with Crippen molar-refractivity contribution < 1.29 is 4.84 Å². The van der Waals surface area contributed by atoms with Crippen molar-refractivity contribution in [1.29, 1.82) is 0 Å². The van der Waals surface area contributed by atoms with Crippen molar-refractivity contribution in [2.45, 2.75) is 71.9 Å². The Morgan fingerprint density at radius 3 is 2.40 bits per heavy atom. The van der Waals surface area contributed by atoms with Gasteiger partial charge in [-0.3, -0.25) is 4.90 Å². The summed E-state index contributed by atoms with van der Waals surface area (Å²) in [6, 6.07) is 11.7. The van der Waals surface area contributed by atoms with Gasteiger partial charge in [-0.2, -0.15) is 0 Å². The highest BCUT2D eigenvalue weighted by Gasteiger charge is 2.15. The molecule has 25 heavy (non-hydrogen) atoms. The van der Waals surface area contributed by atoms with Crippen molar-refractivity contribution in [2.75, 3.05) is 13.2 Å². The monoisotopic (exact) mass is 342 g/mol. The molecule has 0 atom stereocenters. The van der Waals surface area contributed by atoms with Crippen molar-refractivity contribution in [2.24, 2.45) is 5.16 Å². The van der Waals surface area contributed by atoms with Gasteiger partial charge in [-0.1, -0.05) is 35.5 Å². The van der Waals surface area contributed by atoms with Crippen LogP contribution in [0.1, 0.15) is 65.4 Å². The van der Waals surface area contributed by atoms with Crippen LogP contribution < -0.4 is 0 Å². The molecule has 0 spiro atoms. The van der Waals surface area contributed by atoms with Crippen LogP contribution in [0, 0.1) is 0 Å². The Bertz CT molecular complexity index is 553. The van der Waals surface area contributed by atoms with E-state index in [1.165, 1.54) is 24.0 Å². The van der Waals surface area contributed by atoms with Gasteiger partial charge < -0.3 is 4.84 Å².